The molecule has 2 nitrogen and oxygen atoms in total. The van der Waals surface area contributed by atoms with E-state index in [0.29, 0.717) is 19.1 Å². The highest BCUT2D eigenvalue weighted by Crippen LogP contribution is 2.26. The molecule has 0 fully saturated rings. The van der Waals surface area contributed by atoms with E-state index in [1.807, 2.05) is 0 Å². The van der Waals surface area contributed by atoms with E-state index in [-0.39, 0.29) is 5.97 Å². The third kappa shape index (κ3) is 10.2. The lowest BCUT2D eigenvalue weighted by atomic mass is 10.5. The van der Waals surface area contributed by atoms with Gasteiger partial charge < -0.3 is 4.74 Å². The molecular weight excluding hydrogens is 251 g/mol. The Morgan fingerprint density at radius 1 is 1.46 bits per heavy atom. The molecule has 0 saturated heterocycles. The Balaban J connectivity index is 3.41. The molecule has 0 N–H and O–H groups in total. The van der Waals surface area contributed by atoms with Crippen molar-refractivity contribution in [1.82, 2.24) is 0 Å². The van der Waals surface area contributed by atoms with Gasteiger partial charge in [0.05, 0.1) is 6.61 Å². The van der Waals surface area contributed by atoms with Crippen LogP contribution in [0, 0.1) is 0 Å². The van der Waals surface area contributed by atoms with Crippen LogP contribution in [0.3, 0.4) is 0 Å². The van der Waals surface area contributed by atoms with Crippen LogP contribution >= 0.6 is 33.2 Å². The van der Waals surface area contributed by atoms with Gasteiger partial charge in [-0.05, 0) is 19.4 Å². The van der Waals surface area contributed by atoms with Crippen molar-refractivity contribution in [2.75, 3.05) is 6.61 Å². The van der Waals surface area contributed by atoms with Gasteiger partial charge in [-0.25, -0.2) is 4.79 Å². The summed E-state index contributed by atoms with van der Waals surface area (Å²) in [6, 6.07) is -2.03. The molecule has 0 spiro atoms. The lowest BCUT2D eigenvalue weighted by Crippen LogP contribution is -2.11. The minimum absolute atomic E-state index is 0.310. The standard InChI is InChI=1S/C7H11Cl3O2Si/c1-2-4-7(11)12-5-3-6-13(8,9)10/h2,4H,3,5-6H2,1H3/b4-2+. The van der Waals surface area contributed by atoms with Gasteiger partial charge >= 0.3 is 12.0 Å². The van der Waals surface area contributed by atoms with Crippen molar-refractivity contribution in [2.24, 2.45) is 0 Å². The van der Waals surface area contributed by atoms with Gasteiger partial charge in [-0.15, -0.1) is 33.2 Å². The van der Waals surface area contributed by atoms with Gasteiger partial charge in [-0.3, -0.25) is 0 Å². The quantitative estimate of drug-likeness (QED) is 0.250. The Hall–Kier alpha value is 0.297. The lowest BCUT2D eigenvalue weighted by Gasteiger charge is -2.06. The van der Waals surface area contributed by atoms with E-state index in [0.717, 1.165) is 0 Å². The topological polar surface area (TPSA) is 26.3 Å². The second kappa shape index (κ2) is 6.71. The molecule has 0 aliphatic rings. The van der Waals surface area contributed by atoms with Crippen LogP contribution in [0.2, 0.25) is 6.04 Å². The SMILES string of the molecule is C/C=C/C(=O)OCCC[Si](Cl)(Cl)Cl. The van der Waals surface area contributed by atoms with Crippen LogP contribution in [0.15, 0.2) is 12.2 Å². The summed E-state index contributed by atoms with van der Waals surface area (Å²) in [4.78, 5) is 10.8. The molecule has 0 rings (SSSR count). The fourth-order valence-electron chi connectivity index (χ4n) is 0.630. The van der Waals surface area contributed by atoms with E-state index >= 15 is 0 Å². The predicted molar refractivity (Wildman–Crippen MR) is 58.5 cm³/mol. The van der Waals surface area contributed by atoms with E-state index in [4.69, 9.17) is 38.0 Å². The zero-order valence-electron chi connectivity index (χ0n) is 7.23. The molecule has 0 aromatic rings. The van der Waals surface area contributed by atoms with Crippen LogP contribution in [-0.4, -0.2) is 18.6 Å². The highest BCUT2D eigenvalue weighted by Gasteiger charge is 2.23. The average molecular weight is 262 g/mol. The normalized spacial score (nSPS) is 12.0. The number of hydrogen-bond donors (Lipinski definition) is 0. The summed E-state index contributed by atoms with van der Waals surface area (Å²) >= 11 is 16.9. The molecule has 0 aromatic carbocycles. The Morgan fingerprint density at radius 2 is 2.08 bits per heavy atom. The molecule has 0 aliphatic heterocycles. The summed E-state index contributed by atoms with van der Waals surface area (Å²) in [5.41, 5.74) is 0. The molecule has 0 heterocycles. The van der Waals surface area contributed by atoms with Gasteiger partial charge in [0.2, 0.25) is 0 Å². The third-order valence-electron chi connectivity index (χ3n) is 1.15. The molecule has 0 atom stereocenters. The van der Waals surface area contributed by atoms with Crippen molar-refractivity contribution in [2.45, 2.75) is 19.4 Å². The molecule has 13 heavy (non-hydrogen) atoms. The Labute approximate surface area is 92.9 Å². The number of carbonyl (C=O) groups excluding carboxylic acids is 1. The van der Waals surface area contributed by atoms with E-state index in [9.17, 15) is 4.79 Å². The van der Waals surface area contributed by atoms with E-state index < -0.39 is 6.00 Å². The first-order valence-corrected chi connectivity index (χ1v) is 9.06. The van der Waals surface area contributed by atoms with Crippen LogP contribution in [0.5, 0.6) is 0 Å². The summed E-state index contributed by atoms with van der Waals surface area (Å²) < 4.78 is 4.80. The van der Waals surface area contributed by atoms with Crippen LogP contribution < -0.4 is 0 Å². The first-order chi connectivity index (χ1) is 5.95. The van der Waals surface area contributed by atoms with Gasteiger partial charge in [0.1, 0.15) is 0 Å². The van der Waals surface area contributed by atoms with Crippen LogP contribution in [0.25, 0.3) is 0 Å². The van der Waals surface area contributed by atoms with Crippen molar-refractivity contribution in [3.05, 3.63) is 12.2 Å². The van der Waals surface area contributed by atoms with Crippen LogP contribution in [0.1, 0.15) is 13.3 Å². The van der Waals surface area contributed by atoms with Crippen molar-refractivity contribution in [1.29, 1.82) is 0 Å². The summed E-state index contributed by atoms with van der Waals surface area (Å²) in [6.07, 6.45) is 3.57. The first-order valence-electron chi connectivity index (χ1n) is 3.82. The summed E-state index contributed by atoms with van der Waals surface area (Å²) in [6.45, 7) is 2.06. The maximum atomic E-state index is 10.8. The second-order valence-electron chi connectivity index (χ2n) is 2.39. The summed E-state index contributed by atoms with van der Waals surface area (Å²) in [7, 11) is 0. The molecule has 0 aromatic heterocycles. The Kier molecular flexibility index (Phi) is 6.86. The minimum Gasteiger partial charge on any atom is -0.463 e. The molecule has 0 unspecified atom stereocenters. The maximum absolute atomic E-state index is 10.8. The maximum Gasteiger partial charge on any atom is 0.341 e. The van der Waals surface area contributed by atoms with Crippen LogP contribution in [0.4, 0.5) is 0 Å². The number of allylic oxidation sites excluding steroid dienone is 1. The smallest absolute Gasteiger partial charge is 0.341 e. The minimum atomic E-state index is -2.54. The van der Waals surface area contributed by atoms with Gasteiger partial charge in [0, 0.05) is 6.08 Å². The summed E-state index contributed by atoms with van der Waals surface area (Å²) in [5.74, 6) is -0.353. The number of hydrogen-bond acceptors (Lipinski definition) is 2. The summed E-state index contributed by atoms with van der Waals surface area (Å²) in [5, 5.41) is 0. The fourth-order valence-corrected chi connectivity index (χ4v) is 2.38. The third-order valence-corrected chi connectivity index (χ3v) is 3.77. The zero-order chi connectivity index (χ0) is 10.3. The lowest BCUT2D eigenvalue weighted by molar-refractivity contribution is -0.137. The molecule has 6 heteroatoms. The molecule has 0 aliphatic carbocycles. The molecule has 0 bridgehead atoms. The largest absolute Gasteiger partial charge is 0.463 e. The average Bonchev–Trinajstić information content (AvgIpc) is 1.97. The first kappa shape index (κ1) is 13.3. The van der Waals surface area contributed by atoms with Gasteiger partial charge in [0.15, 0.2) is 0 Å². The Morgan fingerprint density at radius 3 is 2.54 bits per heavy atom. The molecule has 0 radical (unpaired) electrons. The fraction of sp³-hybridized carbons (Fsp3) is 0.571. The van der Waals surface area contributed by atoms with Crippen molar-refractivity contribution < 1.29 is 9.53 Å². The number of halogens is 3. The zero-order valence-corrected chi connectivity index (χ0v) is 10.5. The predicted octanol–water partition coefficient (Wildman–Crippen LogP) is 3.15. The van der Waals surface area contributed by atoms with Crippen molar-refractivity contribution in [3.8, 4) is 0 Å². The van der Waals surface area contributed by atoms with E-state index in [1.54, 1.807) is 13.0 Å². The van der Waals surface area contributed by atoms with Gasteiger partial charge in [-0.1, -0.05) is 6.08 Å². The molecular formula is C7H11Cl3O2Si. The van der Waals surface area contributed by atoms with E-state index in [1.165, 1.54) is 6.08 Å². The number of carbonyl (C=O) groups is 1. The number of ether oxygens (including phenoxy) is 1. The van der Waals surface area contributed by atoms with E-state index in [2.05, 4.69) is 0 Å². The highest BCUT2D eigenvalue weighted by molar-refractivity contribution is 7.64. The number of rotatable bonds is 5. The molecule has 0 amide bonds. The van der Waals surface area contributed by atoms with Gasteiger partial charge in [0.25, 0.3) is 0 Å². The van der Waals surface area contributed by atoms with Gasteiger partial charge in [-0.2, -0.15) is 0 Å². The van der Waals surface area contributed by atoms with Crippen molar-refractivity contribution >= 4 is 45.2 Å². The highest BCUT2D eigenvalue weighted by atomic mass is 35.8. The van der Waals surface area contributed by atoms with Crippen LogP contribution in [-0.2, 0) is 9.53 Å². The van der Waals surface area contributed by atoms with Crippen molar-refractivity contribution in [3.63, 3.8) is 0 Å². The Bertz CT molecular complexity index is 189. The molecule has 0 saturated carbocycles. The molecule has 76 valence electrons. The monoisotopic (exact) mass is 260 g/mol. The number of esters is 1. The second-order valence-corrected chi connectivity index (χ2v) is 11.7.